The molecule has 0 aliphatic carbocycles. The summed E-state index contributed by atoms with van der Waals surface area (Å²) in [6.45, 7) is 12.0. The Morgan fingerprint density at radius 3 is 1.52 bits per heavy atom. The van der Waals surface area contributed by atoms with Crippen LogP contribution in [0.5, 0.6) is 0 Å². The number of nitrogens with zero attached hydrogens (tertiary/aromatic N) is 4. The van der Waals surface area contributed by atoms with Crippen LogP contribution >= 0.6 is 0 Å². The number of carbonyl (C=O) groups excluding carboxylic acids is 6. The van der Waals surface area contributed by atoms with Crippen LogP contribution in [0.15, 0.2) is 24.3 Å². The summed E-state index contributed by atoms with van der Waals surface area (Å²) in [7, 11) is 1.00. The second-order valence-electron chi connectivity index (χ2n) is 17.5. The Kier molecular flexibility index (Phi) is 34.7. The number of aldehydes is 1. The van der Waals surface area contributed by atoms with E-state index in [9.17, 15) is 68.4 Å². The highest BCUT2D eigenvalue weighted by atomic mass is 16.4. The summed E-state index contributed by atoms with van der Waals surface area (Å²) < 4.78 is 0. The third kappa shape index (κ3) is 33.3. The number of carbonyl (C=O) groups is 10. The summed E-state index contributed by atoms with van der Waals surface area (Å²) in [5, 5.41) is 58.3. The average Bonchev–Trinajstić information content (AvgIpc) is 3.30. The lowest BCUT2D eigenvalue weighted by atomic mass is 10.1. The van der Waals surface area contributed by atoms with Crippen molar-refractivity contribution in [2.24, 2.45) is 5.92 Å². The van der Waals surface area contributed by atoms with Crippen LogP contribution in [-0.4, -0.2) is 222 Å². The Balaban J connectivity index is 0.00000361. The van der Waals surface area contributed by atoms with Gasteiger partial charge in [0.1, 0.15) is 24.2 Å². The van der Waals surface area contributed by atoms with E-state index in [1.54, 1.807) is 19.6 Å². The zero-order chi connectivity index (χ0) is 53.9. The van der Waals surface area contributed by atoms with Crippen LogP contribution in [0.2, 0.25) is 0 Å². The highest BCUT2D eigenvalue weighted by molar-refractivity contribution is 5.86. The van der Waals surface area contributed by atoms with Crippen LogP contribution in [0.4, 0.5) is 0 Å². The number of rotatable bonds is 28. The lowest BCUT2D eigenvalue weighted by Gasteiger charge is -2.32. The lowest BCUT2D eigenvalue weighted by Crippen LogP contribution is -2.51. The van der Waals surface area contributed by atoms with Gasteiger partial charge >= 0.3 is 23.9 Å². The highest BCUT2D eigenvalue weighted by Gasteiger charge is 2.25. The maximum atomic E-state index is 13.1. The zero-order valence-electron chi connectivity index (χ0n) is 42.2. The molecule has 4 amide bonds. The minimum Gasteiger partial charge on any atom is -0.480 e. The Morgan fingerprint density at radius 2 is 1.08 bits per heavy atom. The average molecular weight is 1010 g/mol. The molecule has 1 heterocycles. The third-order valence-electron chi connectivity index (χ3n) is 10.7. The van der Waals surface area contributed by atoms with E-state index >= 15 is 0 Å². The number of benzene rings is 1. The van der Waals surface area contributed by atoms with E-state index in [1.165, 1.54) is 0 Å². The Bertz CT molecular complexity index is 1800. The summed E-state index contributed by atoms with van der Waals surface area (Å²) >= 11 is 0. The van der Waals surface area contributed by atoms with Crippen molar-refractivity contribution in [2.75, 3.05) is 98.7 Å². The van der Waals surface area contributed by atoms with E-state index < -0.39 is 53.7 Å². The van der Waals surface area contributed by atoms with E-state index in [4.69, 9.17) is 5.11 Å². The molecule has 0 saturated carbocycles. The zero-order valence-corrected chi connectivity index (χ0v) is 42.2. The van der Waals surface area contributed by atoms with Crippen molar-refractivity contribution in [1.29, 1.82) is 0 Å². The SMILES string of the molecule is CC(C)NCC(=O)C(C)C.CO.Cc1cccc(CNC(=O)CCC(NC(=O)CCCNC(=O)CCC(NC(=O)CN2CCN(CC(=O)O)CCN(CC=O)CCN(CC(=O)O)CC2)C(=O)O)C(=O)O)c1. The largest absolute Gasteiger partial charge is 0.480 e. The first-order valence-corrected chi connectivity index (χ1v) is 23.7. The molecule has 1 fully saturated rings. The standard InChI is InChI=1S/C38H58N8O13.C8H17NO.CH4O/c1-27-4-2-5-28(22-27)23-40-32(49)10-8-29(37(56)57)41-33(50)6-3-11-39-31(48)9-7-30(38(58)59)42-34(51)24-44-16-18-45(25-35(52)53)14-12-43(20-21-47)13-15-46(19-17-44)26-36(54)55;1-6(2)8(10)5-9-7(3)4;1-2/h2,4-5,21-22,29-30H,3,6-20,23-26H2,1H3,(H,39,48)(H,40,49)(H,41,50)(H,42,51)(H,52,53)(H,54,55)(H,56,57)(H,58,59);6-7,9H,5H2,1-4H3;2H,1H3. The molecule has 71 heavy (non-hydrogen) atoms. The smallest absolute Gasteiger partial charge is 0.326 e. The molecule has 2 unspecified atom stereocenters. The number of nitrogens with one attached hydrogen (secondary N) is 5. The molecular weight excluding hydrogens is 931 g/mol. The van der Waals surface area contributed by atoms with Gasteiger partial charge in [-0.2, -0.15) is 0 Å². The maximum Gasteiger partial charge on any atom is 0.326 e. The van der Waals surface area contributed by atoms with Gasteiger partial charge in [0.05, 0.1) is 32.7 Å². The van der Waals surface area contributed by atoms with Gasteiger partial charge in [0.2, 0.25) is 23.6 Å². The molecule has 10 N–H and O–H groups in total. The van der Waals surface area contributed by atoms with E-state index in [2.05, 4.69) is 26.6 Å². The van der Waals surface area contributed by atoms with Crippen molar-refractivity contribution in [3.63, 3.8) is 0 Å². The van der Waals surface area contributed by atoms with Gasteiger partial charge in [0.25, 0.3) is 0 Å². The van der Waals surface area contributed by atoms with Gasteiger partial charge in [-0.15, -0.1) is 0 Å². The number of carboxylic acids is 4. The molecule has 1 aromatic carbocycles. The number of carboxylic acid groups (broad SMARTS) is 4. The molecule has 1 aliphatic heterocycles. The summed E-state index contributed by atoms with van der Waals surface area (Å²) in [4.78, 5) is 126. The molecule has 0 radical (unpaired) electrons. The van der Waals surface area contributed by atoms with Crippen LogP contribution < -0.4 is 26.6 Å². The van der Waals surface area contributed by atoms with Crippen LogP contribution in [0.1, 0.15) is 77.3 Å². The Hall–Kier alpha value is -5.92. The van der Waals surface area contributed by atoms with Gasteiger partial charge in [-0.05, 0) is 31.7 Å². The molecule has 1 aromatic rings. The molecule has 2 rings (SSSR count). The number of Topliss-reactive ketones (excluding diaryl/α,β-unsaturated/α-hetero) is 1. The molecule has 0 aromatic heterocycles. The van der Waals surface area contributed by atoms with Crippen LogP contribution in [-0.2, 0) is 54.5 Å². The Labute approximate surface area is 416 Å². The fourth-order valence-corrected chi connectivity index (χ4v) is 6.68. The number of aliphatic carboxylic acids is 4. The minimum atomic E-state index is -1.43. The minimum absolute atomic E-state index is 0.0251. The molecule has 24 heteroatoms. The Morgan fingerprint density at radius 1 is 0.620 bits per heavy atom. The second kappa shape index (κ2) is 37.8. The lowest BCUT2D eigenvalue weighted by molar-refractivity contribution is -0.142. The van der Waals surface area contributed by atoms with E-state index in [0.717, 1.165) is 24.5 Å². The first-order valence-electron chi connectivity index (χ1n) is 23.7. The first-order chi connectivity index (χ1) is 33.6. The van der Waals surface area contributed by atoms with Gasteiger partial charge in [0, 0.05) is 104 Å². The number of hydrogen-bond acceptors (Lipinski definition) is 16. The summed E-state index contributed by atoms with van der Waals surface area (Å²) in [5.41, 5.74) is 1.93. The van der Waals surface area contributed by atoms with Crippen molar-refractivity contribution in [2.45, 2.75) is 97.8 Å². The molecule has 402 valence electrons. The molecule has 0 bridgehead atoms. The normalized spacial score (nSPS) is 14.9. The quantitative estimate of drug-likeness (QED) is 0.0341. The first kappa shape index (κ1) is 65.1. The molecule has 0 spiro atoms. The fraction of sp³-hybridized carbons (Fsp3) is 0.660. The van der Waals surface area contributed by atoms with Crippen molar-refractivity contribution < 1.29 is 73.5 Å². The molecule has 2 atom stereocenters. The van der Waals surface area contributed by atoms with Crippen LogP contribution in [0, 0.1) is 12.8 Å². The molecule has 1 saturated heterocycles. The van der Waals surface area contributed by atoms with Gasteiger partial charge in [-0.25, -0.2) is 9.59 Å². The van der Waals surface area contributed by atoms with Crippen molar-refractivity contribution in [3.8, 4) is 0 Å². The molecular formula is C47H79N9O15. The van der Waals surface area contributed by atoms with E-state index in [0.29, 0.717) is 25.7 Å². The monoisotopic (exact) mass is 1010 g/mol. The number of aliphatic hydroxyl groups excluding tert-OH is 1. The van der Waals surface area contributed by atoms with E-state index in [1.807, 2.05) is 58.9 Å². The molecule has 24 nitrogen and oxygen atoms in total. The molecule has 1 aliphatic rings. The van der Waals surface area contributed by atoms with Gasteiger partial charge in [0.15, 0.2) is 0 Å². The number of ketones is 1. The van der Waals surface area contributed by atoms with Gasteiger partial charge in [-0.3, -0.25) is 53.2 Å². The van der Waals surface area contributed by atoms with Crippen molar-refractivity contribution >= 4 is 59.6 Å². The topological polar surface area (TPSA) is 345 Å². The van der Waals surface area contributed by atoms with Gasteiger partial charge < -0.3 is 56.9 Å². The number of hydrogen-bond donors (Lipinski definition) is 10. The fourth-order valence-electron chi connectivity index (χ4n) is 6.68. The third-order valence-corrected chi connectivity index (χ3v) is 10.7. The van der Waals surface area contributed by atoms with Crippen molar-refractivity contribution in [1.82, 2.24) is 46.2 Å². The number of aryl methyl sites for hydroxylation is 1. The predicted octanol–water partition coefficient (Wildman–Crippen LogP) is -1.39. The van der Waals surface area contributed by atoms with Crippen LogP contribution in [0.25, 0.3) is 0 Å². The highest BCUT2D eigenvalue weighted by Crippen LogP contribution is 2.06. The second-order valence-corrected chi connectivity index (χ2v) is 17.5. The predicted molar refractivity (Wildman–Crippen MR) is 261 cm³/mol. The summed E-state index contributed by atoms with van der Waals surface area (Å²) in [5.74, 6) is -6.55. The maximum absolute atomic E-state index is 13.1. The van der Waals surface area contributed by atoms with Gasteiger partial charge in [-0.1, -0.05) is 57.5 Å². The van der Waals surface area contributed by atoms with Crippen LogP contribution in [0.3, 0.4) is 0 Å². The number of amides is 4. The van der Waals surface area contributed by atoms with E-state index in [-0.39, 0.29) is 135 Å². The van der Waals surface area contributed by atoms with Crippen molar-refractivity contribution in [3.05, 3.63) is 35.4 Å². The number of aliphatic hydroxyl groups is 1. The summed E-state index contributed by atoms with van der Waals surface area (Å²) in [6.07, 6.45) is -0.0664. The summed E-state index contributed by atoms with van der Waals surface area (Å²) in [6, 6.07) is 5.23.